The molecular formula is C12H20BrNO2. The standard InChI is InChI=1S/C12H20BrNO2/c1-10(12-11(13)6-9-16-12)14-7-4-2-3-5-8-15/h6,9-10,14-15H,2-5,7-8H2,1H3. The molecule has 0 amide bonds. The van der Waals surface area contributed by atoms with Crippen LogP contribution in [0.2, 0.25) is 0 Å². The van der Waals surface area contributed by atoms with Gasteiger partial charge in [0, 0.05) is 6.61 Å². The van der Waals surface area contributed by atoms with Crippen molar-refractivity contribution in [1.82, 2.24) is 5.32 Å². The Morgan fingerprint density at radius 2 is 2.12 bits per heavy atom. The summed E-state index contributed by atoms with van der Waals surface area (Å²) in [6.07, 6.45) is 6.03. The van der Waals surface area contributed by atoms with E-state index in [4.69, 9.17) is 9.52 Å². The van der Waals surface area contributed by atoms with Crippen LogP contribution in [-0.2, 0) is 0 Å². The van der Waals surface area contributed by atoms with Crippen molar-refractivity contribution in [3.05, 3.63) is 22.6 Å². The first-order valence-corrected chi connectivity index (χ1v) is 6.62. The second-order valence-corrected chi connectivity index (χ2v) is 4.80. The molecule has 0 fully saturated rings. The van der Waals surface area contributed by atoms with Crippen molar-refractivity contribution < 1.29 is 9.52 Å². The molecule has 16 heavy (non-hydrogen) atoms. The second-order valence-electron chi connectivity index (χ2n) is 3.95. The number of aliphatic hydroxyl groups excluding tert-OH is 1. The van der Waals surface area contributed by atoms with Crippen molar-refractivity contribution in [2.24, 2.45) is 0 Å². The summed E-state index contributed by atoms with van der Waals surface area (Å²) in [5, 5.41) is 12.0. The van der Waals surface area contributed by atoms with E-state index in [1.807, 2.05) is 6.07 Å². The molecule has 92 valence electrons. The SMILES string of the molecule is CC(NCCCCCCO)c1occc1Br. The van der Waals surface area contributed by atoms with E-state index in [9.17, 15) is 0 Å². The van der Waals surface area contributed by atoms with E-state index in [0.717, 1.165) is 36.0 Å². The highest BCUT2D eigenvalue weighted by molar-refractivity contribution is 9.10. The quantitative estimate of drug-likeness (QED) is 0.722. The van der Waals surface area contributed by atoms with Gasteiger partial charge in [-0.15, -0.1) is 0 Å². The van der Waals surface area contributed by atoms with Gasteiger partial charge in [0.05, 0.1) is 16.8 Å². The Morgan fingerprint density at radius 1 is 1.38 bits per heavy atom. The molecule has 3 nitrogen and oxygen atoms in total. The minimum Gasteiger partial charge on any atom is -0.466 e. The Balaban J connectivity index is 2.11. The minimum atomic E-state index is 0.238. The highest BCUT2D eigenvalue weighted by atomic mass is 79.9. The van der Waals surface area contributed by atoms with Crippen LogP contribution in [0.3, 0.4) is 0 Å². The van der Waals surface area contributed by atoms with Crippen LogP contribution in [0.4, 0.5) is 0 Å². The van der Waals surface area contributed by atoms with Gasteiger partial charge in [0.25, 0.3) is 0 Å². The van der Waals surface area contributed by atoms with Crippen molar-refractivity contribution in [3.8, 4) is 0 Å². The number of aliphatic hydroxyl groups is 1. The molecule has 0 radical (unpaired) electrons. The van der Waals surface area contributed by atoms with E-state index in [1.165, 1.54) is 6.42 Å². The summed E-state index contributed by atoms with van der Waals surface area (Å²) in [6, 6.07) is 2.15. The lowest BCUT2D eigenvalue weighted by Crippen LogP contribution is -2.19. The Kier molecular flexibility index (Phi) is 6.76. The first-order chi connectivity index (χ1) is 7.75. The van der Waals surface area contributed by atoms with Gasteiger partial charge in [-0.05, 0) is 48.3 Å². The molecule has 1 unspecified atom stereocenters. The van der Waals surface area contributed by atoms with Crippen LogP contribution in [0, 0.1) is 0 Å². The average Bonchev–Trinajstić information content (AvgIpc) is 2.69. The van der Waals surface area contributed by atoms with E-state index >= 15 is 0 Å². The van der Waals surface area contributed by atoms with Crippen molar-refractivity contribution in [2.45, 2.75) is 38.6 Å². The fraction of sp³-hybridized carbons (Fsp3) is 0.667. The number of furan rings is 1. The van der Waals surface area contributed by atoms with E-state index in [0.29, 0.717) is 6.61 Å². The molecule has 0 saturated carbocycles. The van der Waals surface area contributed by atoms with Crippen molar-refractivity contribution >= 4 is 15.9 Å². The Morgan fingerprint density at radius 3 is 2.75 bits per heavy atom. The lowest BCUT2D eigenvalue weighted by molar-refractivity contribution is 0.282. The van der Waals surface area contributed by atoms with E-state index in [1.54, 1.807) is 6.26 Å². The first-order valence-electron chi connectivity index (χ1n) is 5.83. The summed E-state index contributed by atoms with van der Waals surface area (Å²) in [4.78, 5) is 0. The van der Waals surface area contributed by atoms with E-state index in [-0.39, 0.29) is 6.04 Å². The number of unbranched alkanes of at least 4 members (excludes halogenated alkanes) is 3. The van der Waals surface area contributed by atoms with E-state index in [2.05, 4.69) is 28.2 Å². The molecule has 1 aromatic heterocycles. The maximum atomic E-state index is 8.63. The van der Waals surface area contributed by atoms with Crippen LogP contribution < -0.4 is 5.32 Å². The summed E-state index contributed by atoms with van der Waals surface area (Å²) >= 11 is 3.45. The summed E-state index contributed by atoms with van der Waals surface area (Å²) in [5.74, 6) is 0.954. The maximum Gasteiger partial charge on any atom is 0.134 e. The van der Waals surface area contributed by atoms with Crippen LogP contribution in [0.1, 0.15) is 44.4 Å². The number of rotatable bonds is 8. The largest absolute Gasteiger partial charge is 0.466 e. The zero-order chi connectivity index (χ0) is 11.8. The number of hydrogen-bond acceptors (Lipinski definition) is 3. The normalized spacial score (nSPS) is 12.9. The van der Waals surface area contributed by atoms with Gasteiger partial charge in [-0.25, -0.2) is 0 Å². The summed E-state index contributed by atoms with van der Waals surface area (Å²) in [7, 11) is 0. The Hall–Kier alpha value is -0.320. The zero-order valence-corrected chi connectivity index (χ0v) is 11.3. The van der Waals surface area contributed by atoms with Gasteiger partial charge in [0.2, 0.25) is 0 Å². The highest BCUT2D eigenvalue weighted by Crippen LogP contribution is 2.23. The molecule has 0 bridgehead atoms. The van der Waals surface area contributed by atoms with Crippen LogP contribution in [0.5, 0.6) is 0 Å². The minimum absolute atomic E-state index is 0.238. The lowest BCUT2D eigenvalue weighted by Gasteiger charge is -2.11. The summed E-state index contributed by atoms with van der Waals surface area (Å²) in [5.41, 5.74) is 0. The van der Waals surface area contributed by atoms with Gasteiger partial charge >= 0.3 is 0 Å². The third-order valence-corrected chi connectivity index (χ3v) is 3.23. The van der Waals surface area contributed by atoms with Crippen molar-refractivity contribution in [2.75, 3.05) is 13.2 Å². The molecule has 0 aromatic carbocycles. The molecule has 0 saturated heterocycles. The predicted octanol–water partition coefficient (Wildman–Crippen LogP) is 3.25. The molecule has 1 rings (SSSR count). The molecule has 2 N–H and O–H groups in total. The molecule has 0 spiro atoms. The molecule has 1 aromatic rings. The summed E-state index contributed by atoms with van der Waals surface area (Å²) < 4.78 is 6.40. The zero-order valence-electron chi connectivity index (χ0n) is 9.71. The third-order valence-electron chi connectivity index (χ3n) is 2.57. The molecule has 4 heteroatoms. The van der Waals surface area contributed by atoms with E-state index < -0.39 is 0 Å². The van der Waals surface area contributed by atoms with Gasteiger partial charge < -0.3 is 14.8 Å². The highest BCUT2D eigenvalue weighted by Gasteiger charge is 2.11. The monoisotopic (exact) mass is 289 g/mol. The number of halogens is 1. The van der Waals surface area contributed by atoms with Crippen LogP contribution in [0.25, 0.3) is 0 Å². The van der Waals surface area contributed by atoms with Gasteiger partial charge in [-0.1, -0.05) is 12.8 Å². The average molecular weight is 290 g/mol. The van der Waals surface area contributed by atoms with Crippen LogP contribution in [0.15, 0.2) is 21.2 Å². The van der Waals surface area contributed by atoms with Gasteiger partial charge in [0.15, 0.2) is 0 Å². The fourth-order valence-electron chi connectivity index (χ4n) is 1.62. The lowest BCUT2D eigenvalue weighted by atomic mass is 10.2. The maximum absolute atomic E-state index is 8.63. The predicted molar refractivity (Wildman–Crippen MR) is 68.4 cm³/mol. The Bertz CT molecular complexity index is 288. The molecular weight excluding hydrogens is 270 g/mol. The van der Waals surface area contributed by atoms with Gasteiger partial charge in [-0.2, -0.15) is 0 Å². The Labute approximate surface area is 105 Å². The van der Waals surface area contributed by atoms with Crippen molar-refractivity contribution in [1.29, 1.82) is 0 Å². The number of nitrogens with one attached hydrogen (secondary N) is 1. The second kappa shape index (κ2) is 7.87. The molecule has 1 heterocycles. The molecule has 0 aliphatic heterocycles. The first kappa shape index (κ1) is 13.7. The van der Waals surface area contributed by atoms with Gasteiger partial charge in [0.1, 0.15) is 5.76 Å². The molecule has 1 atom stereocenters. The molecule has 0 aliphatic rings. The van der Waals surface area contributed by atoms with Crippen LogP contribution >= 0.6 is 15.9 Å². The number of hydrogen-bond donors (Lipinski definition) is 2. The topological polar surface area (TPSA) is 45.4 Å². The van der Waals surface area contributed by atoms with Crippen molar-refractivity contribution in [3.63, 3.8) is 0 Å². The molecule has 0 aliphatic carbocycles. The van der Waals surface area contributed by atoms with Gasteiger partial charge in [-0.3, -0.25) is 0 Å². The van der Waals surface area contributed by atoms with Crippen LogP contribution in [-0.4, -0.2) is 18.3 Å². The smallest absolute Gasteiger partial charge is 0.134 e. The fourth-order valence-corrected chi connectivity index (χ4v) is 2.16. The summed E-state index contributed by atoms with van der Waals surface area (Å²) in [6.45, 7) is 3.39. The third kappa shape index (κ3) is 4.68.